The summed E-state index contributed by atoms with van der Waals surface area (Å²) in [6.45, 7) is 4.39. The molecule has 142 valence electrons. The third-order valence-corrected chi connectivity index (χ3v) is 4.65. The molecule has 1 heterocycles. The van der Waals surface area contributed by atoms with E-state index in [4.69, 9.17) is 4.74 Å². The maximum absolute atomic E-state index is 12.9. The number of amides is 2. The van der Waals surface area contributed by atoms with Gasteiger partial charge in [0.25, 0.3) is 5.91 Å². The van der Waals surface area contributed by atoms with E-state index < -0.39 is 17.9 Å². The molecule has 2 unspecified atom stereocenters. The fourth-order valence-corrected chi connectivity index (χ4v) is 3.14. The van der Waals surface area contributed by atoms with Gasteiger partial charge in [-0.2, -0.15) is 0 Å². The molecule has 2 N–H and O–H groups in total. The molecule has 1 fully saturated rings. The molecule has 2 rings (SSSR count). The molecule has 7 nitrogen and oxygen atoms in total. The highest BCUT2D eigenvalue weighted by Gasteiger charge is 2.34. The molecular weight excluding hydrogens is 336 g/mol. The van der Waals surface area contributed by atoms with Gasteiger partial charge in [0.05, 0.1) is 18.6 Å². The Kier molecular flexibility index (Phi) is 6.60. The van der Waals surface area contributed by atoms with Gasteiger partial charge in [0, 0.05) is 13.1 Å². The first-order chi connectivity index (χ1) is 12.3. The van der Waals surface area contributed by atoms with E-state index in [1.807, 2.05) is 13.8 Å². The lowest BCUT2D eigenvalue weighted by molar-refractivity contribution is -0.146. The van der Waals surface area contributed by atoms with Crippen molar-refractivity contribution in [1.82, 2.24) is 10.2 Å². The Bertz CT molecular complexity index is 674. The number of para-hydroxylation sites is 1. The number of ether oxygens (including phenoxy) is 1. The molecular formula is C19H26N2O5. The van der Waals surface area contributed by atoms with Gasteiger partial charge in [-0.15, -0.1) is 0 Å². The van der Waals surface area contributed by atoms with Crippen molar-refractivity contribution in [3.8, 4) is 5.75 Å². The van der Waals surface area contributed by atoms with Gasteiger partial charge in [0.2, 0.25) is 5.91 Å². The minimum atomic E-state index is -0.887. The van der Waals surface area contributed by atoms with Gasteiger partial charge in [-0.3, -0.25) is 14.4 Å². The van der Waals surface area contributed by atoms with Crippen LogP contribution in [0.4, 0.5) is 0 Å². The molecule has 0 aliphatic carbocycles. The van der Waals surface area contributed by atoms with Crippen LogP contribution >= 0.6 is 0 Å². The number of rotatable bonds is 6. The average Bonchev–Trinajstić information content (AvgIpc) is 2.65. The molecule has 0 spiro atoms. The summed E-state index contributed by atoms with van der Waals surface area (Å²) in [6.07, 6.45) is 1.22. The van der Waals surface area contributed by atoms with Gasteiger partial charge in [-0.25, -0.2) is 0 Å². The highest BCUT2D eigenvalue weighted by atomic mass is 16.5. The summed E-state index contributed by atoms with van der Waals surface area (Å²) in [4.78, 5) is 38.3. The van der Waals surface area contributed by atoms with Crippen LogP contribution in [0.5, 0.6) is 5.75 Å². The fourth-order valence-electron chi connectivity index (χ4n) is 3.14. The third kappa shape index (κ3) is 4.53. The van der Waals surface area contributed by atoms with E-state index in [0.717, 1.165) is 0 Å². The Labute approximate surface area is 153 Å². The van der Waals surface area contributed by atoms with Gasteiger partial charge in [0.15, 0.2) is 0 Å². The van der Waals surface area contributed by atoms with Gasteiger partial charge in [-0.1, -0.05) is 26.0 Å². The SMILES string of the molecule is COc1ccccc1C(=O)NC(C(=O)N1CCCC(C(=O)O)C1)C(C)C. The van der Waals surface area contributed by atoms with E-state index in [2.05, 4.69) is 5.32 Å². The van der Waals surface area contributed by atoms with Gasteiger partial charge >= 0.3 is 5.97 Å². The molecule has 7 heteroatoms. The maximum Gasteiger partial charge on any atom is 0.308 e. The summed E-state index contributed by atoms with van der Waals surface area (Å²) in [6, 6.07) is 6.09. The van der Waals surface area contributed by atoms with Crippen LogP contribution in [0.1, 0.15) is 37.0 Å². The number of carboxylic acid groups (broad SMARTS) is 1. The van der Waals surface area contributed by atoms with Crippen LogP contribution in [0, 0.1) is 11.8 Å². The largest absolute Gasteiger partial charge is 0.496 e. The Morgan fingerprint density at radius 1 is 1.27 bits per heavy atom. The molecule has 26 heavy (non-hydrogen) atoms. The van der Waals surface area contributed by atoms with E-state index in [1.165, 1.54) is 7.11 Å². The van der Waals surface area contributed by atoms with Crippen LogP contribution in [-0.4, -0.2) is 54.0 Å². The second kappa shape index (κ2) is 8.69. The number of carbonyl (C=O) groups excluding carboxylic acids is 2. The zero-order chi connectivity index (χ0) is 19.3. The number of carboxylic acids is 1. The summed E-state index contributed by atoms with van der Waals surface area (Å²) < 4.78 is 5.20. The van der Waals surface area contributed by atoms with Crippen molar-refractivity contribution >= 4 is 17.8 Å². The van der Waals surface area contributed by atoms with Crippen LogP contribution < -0.4 is 10.1 Å². The standard InChI is InChI=1S/C19H26N2O5/c1-12(2)16(18(23)21-10-6-7-13(11-21)19(24)25)20-17(22)14-8-4-5-9-15(14)26-3/h4-5,8-9,12-13,16H,6-7,10-11H2,1-3H3,(H,20,22)(H,24,25). The van der Waals surface area contributed by atoms with E-state index in [-0.39, 0.29) is 24.3 Å². The van der Waals surface area contributed by atoms with Crippen molar-refractivity contribution in [2.24, 2.45) is 11.8 Å². The number of piperidine rings is 1. The van der Waals surface area contributed by atoms with Crippen LogP contribution in [0.25, 0.3) is 0 Å². The number of hydrogen-bond acceptors (Lipinski definition) is 4. The first-order valence-corrected chi connectivity index (χ1v) is 8.80. The quantitative estimate of drug-likeness (QED) is 0.804. The zero-order valence-corrected chi connectivity index (χ0v) is 15.4. The number of nitrogens with one attached hydrogen (secondary N) is 1. The first kappa shape index (κ1) is 19.8. The highest BCUT2D eigenvalue weighted by molar-refractivity contribution is 5.99. The minimum Gasteiger partial charge on any atom is -0.496 e. The van der Waals surface area contributed by atoms with Crippen LogP contribution in [-0.2, 0) is 9.59 Å². The Morgan fingerprint density at radius 3 is 2.58 bits per heavy atom. The minimum absolute atomic E-state index is 0.133. The maximum atomic E-state index is 12.9. The van der Waals surface area contributed by atoms with Crippen molar-refractivity contribution in [3.05, 3.63) is 29.8 Å². The lowest BCUT2D eigenvalue weighted by Crippen LogP contribution is -2.54. The lowest BCUT2D eigenvalue weighted by atomic mass is 9.95. The summed E-state index contributed by atoms with van der Waals surface area (Å²) in [5.41, 5.74) is 0.357. The molecule has 2 amide bonds. The van der Waals surface area contributed by atoms with E-state index in [9.17, 15) is 19.5 Å². The number of carbonyl (C=O) groups is 3. The number of likely N-dealkylation sites (tertiary alicyclic amines) is 1. The van der Waals surface area contributed by atoms with Crippen LogP contribution in [0.15, 0.2) is 24.3 Å². The summed E-state index contributed by atoms with van der Waals surface area (Å²) in [5, 5.41) is 12.0. The van der Waals surface area contributed by atoms with Crippen LogP contribution in [0.2, 0.25) is 0 Å². The Balaban J connectivity index is 2.14. The molecule has 1 aromatic carbocycles. The van der Waals surface area contributed by atoms with Crippen molar-refractivity contribution in [2.45, 2.75) is 32.7 Å². The summed E-state index contributed by atoms with van der Waals surface area (Å²) in [5.74, 6) is -1.77. The van der Waals surface area contributed by atoms with E-state index in [1.54, 1.807) is 29.2 Å². The van der Waals surface area contributed by atoms with Gasteiger partial charge < -0.3 is 20.1 Å². The molecule has 1 aromatic rings. The van der Waals surface area contributed by atoms with Crippen molar-refractivity contribution < 1.29 is 24.2 Å². The number of benzene rings is 1. The molecule has 1 saturated heterocycles. The predicted octanol–water partition coefficient (Wildman–Crippen LogP) is 1.77. The monoisotopic (exact) mass is 362 g/mol. The molecule has 0 aromatic heterocycles. The molecule has 0 radical (unpaired) electrons. The Morgan fingerprint density at radius 2 is 1.96 bits per heavy atom. The highest BCUT2D eigenvalue weighted by Crippen LogP contribution is 2.21. The van der Waals surface area contributed by atoms with Crippen molar-refractivity contribution in [3.63, 3.8) is 0 Å². The molecule has 2 atom stereocenters. The molecule has 1 aliphatic heterocycles. The second-order valence-corrected chi connectivity index (χ2v) is 6.86. The molecule has 0 bridgehead atoms. The lowest BCUT2D eigenvalue weighted by Gasteiger charge is -2.34. The number of hydrogen-bond donors (Lipinski definition) is 2. The van der Waals surface area contributed by atoms with E-state index in [0.29, 0.717) is 30.7 Å². The predicted molar refractivity (Wildman–Crippen MR) is 96.0 cm³/mol. The smallest absolute Gasteiger partial charge is 0.308 e. The van der Waals surface area contributed by atoms with Crippen LogP contribution in [0.3, 0.4) is 0 Å². The van der Waals surface area contributed by atoms with E-state index >= 15 is 0 Å². The fraction of sp³-hybridized carbons (Fsp3) is 0.526. The summed E-state index contributed by atoms with van der Waals surface area (Å²) in [7, 11) is 1.48. The average molecular weight is 362 g/mol. The molecule has 0 saturated carbocycles. The summed E-state index contributed by atoms with van der Waals surface area (Å²) >= 11 is 0. The normalized spacial score (nSPS) is 18.3. The Hall–Kier alpha value is -2.57. The third-order valence-electron chi connectivity index (χ3n) is 4.65. The number of methoxy groups -OCH3 is 1. The van der Waals surface area contributed by atoms with Gasteiger partial charge in [-0.05, 0) is 30.9 Å². The van der Waals surface area contributed by atoms with Gasteiger partial charge in [0.1, 0.15) is 11.8 Å². The first-order valence-electron chi connectivity index (χ1n) is 8.80. The number of aliphatic carboxylic acids is 1. The van der Waals surface area contributed by atoms with Crippen molar-refractivity contribution in [1.29, 1.82) is 0 Å². The topological polar surface area (TPSA) is 95.9 Å². The van der Waals surface area contributed by atoms with Crippen molar-refractivity contribution in [2.75, 3.05) is 20.2 Å². The second-order valence-electron chi connectivity index (χ2n) is 6.86. The molecule has 1 aliphatic rings. The number of nitrogens with zero attached hydrogens (tertiary/aromatic N) is 1. The zero-order valence-electron chi connectivity index (χ0n) is 15.4.